The molecule has 0 saturated heterocycles. The maximum Gasteiger partial charge on any atom is 0.326 e. The first kappa shape index (κ1) is 61.5. The number of guanidine groups is 3. The molecule has 0 aromatic heterocycles. The van der Waals surface area contributed by atoms with Crippen molar-refractivity contribution in [2.75, 3.05) is 25.4 Å². The maximum absolute atomic E-state index is 14.2. The average molecular weight is 1040 g/mol. The number of nitrogens with one attached hydrogen (secondary N) is 7. The third-order valence-corrected chi connectivity index (χ3v) is 11.1. The SMILES string of the molecule is CC(=O)N[C@@H](Cc1ccccc1)C(=O)N[C@@H](CCCN=C(N)N)C(=O)N[C@@H](CCCN=C(N)N)C(=O)N[C@@H](CS)C(=O)N[C@@H](Cc1ccccc1)C(=O)N[C@@H](CCCN=C(N)N)C(=O)N[C@@H](CC(C)C)C(=O)O. The van der Waals surface area contributed by atoms with Crippen LogP contribution in [-0.2, 0) is 51.2 Å². The summed E-state index contributed by atoms with van der Waals surface area (Å²) in [4.78, 5) is 120. The van der Waals surface area contributed by atoms with E-state index in [4.69, 9.17) is 34.4 Å². The van der Waals surface area contributed by atoms with Gasteiger partial charge in [0.15, 0.2) is 17.9 Å². The number of carbonyl (C=O) groups is 8. The Morgan fingerprint density at radius 3 is 1.10 bits per heavy atom. The lowest BCUT2D eigenvalue weighted by Crippen LogP contribution is -2.60. The molecule has 402 valence electrons. The fraction of sp³-hybridized carbons (Fsp3) is 0.511. The van der Waals surface area contributed by atoms with Crippen LogP contribution < -0.4 is 71.6 Å². The normalized spacial score (nSPS) is 13.7. The summed E-state index contributed by atoms with van der Waals surface area (Å²) in [5, 5.41) is 28.2. The number of hydrogen-bond acceptors (Lipinski definition) is 12. The number of carboxylic acid groups (broad SMARTS) is 1. The van der Waals surface area contributed by atoms with E-state index >= 15 is 0 Å². The van der Waals surface area contributed by atoms with E-state index in [0.717, 1.165) is 5.56 Å². The number of carboxylic acids is 1. The van der Waals surface area contributed by atoms with Crippen LogP contribution in [0.15, 0.2) is 75.6 Å². The molecule has 2 aromatic rings. The number of nitrogens with zero attached hydrogens (tertiary/aromatic N) is 3. The van der Waals surface area contributed by atoms with Crippen molar-refractivity contribution >= 4 is 77.8 Å². The van der Waals surface area contributed by atoms with Crippen molar-refractivity contribution < 1.29 is 43.5 Å². The highest BCUT2D eigenvalue weighted by atomic mass is 32.1. The van der Waals surface area contributed by atoms with Gasteiger partial charge >= 0.3 is 5.97 Å². The molecule has 0 aliphatic carbocycles. The zero-order valence-electron chi connectivity index (χ0n) is 41.6. The Kier molecular flexibility index (Phi) is 27.9. The van der Waals surface area contributed by atoms with Gasteiger partial charge in [-0.05, 0) is 62.0 Å². The number of amides is 7. The zero-order chi connectivity index (χ0) is 54.5. The minimum absolute atomic E-state index is 0.0156. The number of rotatable bonds is 33. The quantitative estimate of drug-likeness (QED) is 0.0148. The first-order valence-corrected chi connectivity index (χ1v) is 24.4. The Hall–Kier alpha value is -7.64. The molecule has 0 spiro atoms. The van der Waals surface area contributed by atoms with Crippen LogP contribution in [0.5, 0.6) is 0 Å². The molecule has 0 aliphatic rings. The molecular weight excluding hydrogens is 965 g/mol. The molecule has 73 heavy (non-hydrogen) atoms. The fourth-order valence-corrected chi connectivity index (χ4v) is 7.46. The molecule has 0 saturated carbocycles. The van der Waals surface area contributed by atoms with E-state index < -0.39 is 89.6 Å². The van der Waals surface area contributed by atoms with Crippen molar-refractivity contribution in [1.82, 2.24) is 37.2 Å². The highest BCUT2D eigenvalue weighted by Crippen LogP contribution is 2.11. The second-order valence-electron chi connectivity index (χ2n) is 17.5. The summed E-state index contributed by atoms with van der Waals surface area (Å²) in [6, 6.07) is 8.40. The number of carbonyl (C=O) groups excluding carboxylic acids is 7. The maximum atomic E-state index is 14.2. The number of thiol groups is 1. The monoisotopic (exact) mass is 1040 g/mol. The van der Waals surface area contributed by atoms with Crippen molar-refractivity contribution in [3.8, 4) is 0 Å². The van der Waals surface area contributed by atoms with Crippen molar-refractivity contribution in [2.24, 2.45) is 55.3 Å². The molecule has 7 amide bonds. The summed E-state index contributed by atoms with van der Waals surface area (Å²) < 4.78 is 0. The summed E-state index contributed by atoms with van der Waals surface area (Å²) in [6.45, 7) is 5.05. The van der Waals surface area contributed by atoms with Crippen molar-refractivity contribution in [3.63, 3.8) is 0 Å². The third-order valence-electron chi connectivity index (χ3n) is 10.8. The van der Waals surface area contributed by atoms with E-state index in [2.05, 4.69) is 64.8 Å². The van der Waals surface area contributed by atoms with Crippen LogP contribution >= 0.6 is 12.6 Å². The highest BCUT2D eigenvalue weighted by Gasteiger charge is 2.34. The molecule has 2 aromatic carbocycles. The third kappa shape index (κ3) is 25.4. The molecule has 0 bridgehead atoms. The Balaban J connectivity index is 2.47. The molecule has 0 heterocycles. The minimum Gasteiger partial charge on any atom is -0.480 e. The molecule has 25 nitrogen and oxygen atoms in total. The number of aliphatic imine (C=N–C) groups is 3. The Morgan fingerprint density at radius 2 is 0.781 bits per heavy atom. The molecular formula is C47H74N16O9S. The molecule has 26 heteroatoms. The second-order valence-corrected chi connectivity index (χ2v) is 17.9. The van der Waals surface area contributed by atoms with E-state index in [1.54, 1.807) is 74.5 Å². The van der Waals surface area contributed by atoms with Crippen LogP contribution in [-0.4, -0.2) is 138 Å². The number of aliphatic carboxylic acids is 1. The lowest BCUT2D eigenvalue weighted by molar-refractivity contribution is -0.143. The first-order valence-electron chi connectivity index (χ1n) is 23.8. The van der Waals surface area contributed by atoms with Gasteiger partial charge in [0.2, 0.25) is 41.4 Å². The van der Waals surface area contributed by atoms with Gasteiger partial charge in [-0.1, -0.05) is 74.5 Å². The van der Waals surface area contributed by atoms with Crippen LogP contribution in [0, 0.1) is 5.92 Å². The summed E-state index contributed by atoms with van der Waals surface area (Å²) in [6.07, 6.45) is 0.546. The number of nitrogens with two attached hydrogens (primary N) is 6. The van der Waals surface area contributed by atoms with E-state index in [-0.39, 0.29) is 107 Å². The molecule has 2 rings (SSSR count). The standard InChI is InChI=1S/C47H74N16O9S/c1-27(2)23-36(44(71)72)62-39(66)32(18-11-21-55-46(50)51)60-42(69)35(25-30-15-8-5-9-16-30)61-43(70)37(26-73)63-40(67)33(19-12-22-56-47(52)53)58-38(65)31(17-10-20-54-45(48)49)59-41(68)34(57-28(3)64)24-29-13-6-4-7-14-29/h4-9,13-16,27,31-37,73H,10-12,17-26H2,1-3H3,(H,57,64)(H,58,65)(H,59,68)(H,60,69)(H,61,70)(H,62,66)(H,63,67)(H,71,72)(H4,48,49,54)(H4,50,51,55)(H4,52,53,56)/t31-,32-,33-,34-,35-,36-,37-/m0/s1. The van der Waals surface area contributed by atoms with Gasteiger partial charge in [0.1, 0.15) is 42.3 Å². The average Bonchev–Trinajstić information content (AvgIpc) is 3.32. The predicted molar refractivity (Wildman–Crippen MR) is 280 cm³/mol. The minimum atomic E-state index is -1.42. The van der Waals surface area contributed by atoms with Gasteiger partial charge in [0.05, 0.1) is 0 Å². The Bertz CT molecular complexity index is 2210. The molecule has 7 atom stereocenters. The number of hydrogen-bond donors (Lipinski definition) is 15. The van der Waals surface area contributed by atoms with Crippen LogP contribution in [0.25, 0.3) is 0 Å². The van der Waals surface area contributed by atoms with Crippen LogP contribution in [0.1, 0.15) is 76.8 Å². The van der Waals surface area contributed by atoms with Gasteiger partial charge < -0.3 is 76.7 Å². The van der Waals surface area contributed by atoms with E-state index in [9.17, 15) is 43.5 Å². The summed E-state index contributed by atoms with van der Waals surface area (Å²) in [7, 11) is 0. The van der Waals surface area contributed by atoms with Gasteiger partial charge in [0, 0.05) is 45.2 Å². The van der Waals surface area contributed by atoms with Crippen LogP contribution in [0.4, 0.5) is 0 Å². The van der Waals surface area contributed by atoms with Crippen molar-refractivity contribution in [1.29, 1.82) is 0 Å². The lowest BCUT2D eigenvalue weighted by Gasteiger charge is -2.27. The summed E-state index contributed by atoms with van der Waals surface area (Å²) in [5.41, 5.74) is 34.3. The molecule has 0 unspecified atom stereocenters. The van der Waals surface area contributed by atoms with Crippen molar-refractivity contribution in [3.05, 3.63) is 71.8 Å². The van der Waals surface area contributed by atoms with Crippen LogP contribution in [0.2, 0.25) is 0 Å². The smallest absolute Gasteiger partial charge is 0.326 e. The summed E-state index contributed by atoms with van der Waals surface area (Å²) >= 11 is 4.33. The Labute approximate surface area is 430 Å². The van der Waals surface area contributed by atoms with Crippen molar-refractivity contribution in [2.45, 2.75) is 121 Å². The van der Waals surface area contributed by atoms with E-state index in [1.165, 1.54) is 6.92 Å². The molecule has 20 N–H and O–H groups in total. The van der Waals surface area contributed by atoms with Gasteiger partial charge in [0.25, 0.3) is 0 Å². The molecule has 0 aliphatic heterocycles. The van der Waals surface area contributed by atoms with E-state index in [0.29, 0.717) is 5.56 Å². The topological polar surface area (TPSA) is 434 Å². The largest absolute Gasteiger partial charge is 0.480 e. The lowest BCUT2D eigenvalue weighted by atomic mass is 10.0. The van der Waals surface area contributed by atoms with Gasteiger partial charge in [-0.2, -0.15) is 12.6 Å². The zero-order valence-corrected chi connectivity index (χ0v) is 42.4. The Morgan fingerprint density at radius 1 is 0.479 bits per heavy atom. The first-order chi connectivity index (χ1) is 34.6. The van der Waals surface area contributed by atoms with Gasteiger partial charge in [-0.3, -0.25) is 48.5 Å². The summed E-state index contributed by atoms with van der Waals surface area (Å²) in [5.74, 6) is -7.59. The number of benzene rings is 2. The molecule has 0 radical (unpaired) electrons. The molecule has 0 fully saturated rings. The second kappa shape index (κ2) is 33.1. The van der Waals surface area contributed by atoms with Gasteiger partial charge in [-0.25, -0.2) is 4.79 Å². The highest BCUT2D eigenvalue weighted by molar-refractivity contribution is 7.80. The fourth-order valence-electron chi connectivity index (χ4n) is 7.20. The van der Waals surface area contributed by atoms with E-state index in [1.807, 2.05) is 0 Å². The van der Waals surface area contributed by atoms with Gasteiger partial charge in [-0.15, -0.1) is 0 Å². The van der Waals surface area contributed by atoms with Crippen LogP contribution in [0.3, 0.4) is 0 Å². The predicted octanol–water partition coefficient (Wildman–Crippen LogP) is -2.89.